The van der Waals surface area contributed by atoms with Gasteiger partial charge in [-0.3, -0.25) is 0 Å². The highest BCUT2D eigenvalue weighted by atomic mass is 35.5. The fraction of sp³-hybridized carbons (Fsp3) is 0. The van der Waals surface area contributed by atoms with Gasteiger partial charge in [0, 0.05) is 26.1 Å². The van der Waals surface area contributed by atoms with E-state index in [-0.39, 0.29) is 5.56 Å². The van der Waals surface area contributed by atoms with Crippen molar-refractivity contribution in [1.82, 2.24) is 0 Å². The van der Waals surface area contributed by atoms with E-state index in [1.165, 1.54) is 17.8 Å². The molecule has 92 valence electrons. The molecule has 0 aliphatic rings. The quantitative estimate of drug-likeness (QED) is 0.876. The third-order valence-electron chi connectivity index (χ3n) is 2.26. The summed E-state index contributed by atoms with van der Waals surface area (Å²) in [6, 6.07) is 11.9. The maximum Gasteiger partial charge on any atom is 0.0727 e. The van der Waals surface area contributed by atoms with Crippen molar-refractivity contribution in [3.05, 3.63) is 53.1 Å². The Hall–Kier alpha value is -1.65. The molecule has 2 aromatic carbocycles. The highest BCUT2D eigenvalue weighted by Crippen LogP contribution is 2.31. The van der Waals surface area contributed by atoms with Crippen LogP contribution in [0.1, 0.15) is 10.4 Å². The highest BCUT2D eigenvalue weighted by Gasteiger charge is 2.06. The molecule has 0 aliphatic heterocycles. The van der Waals surface area contributed by atoms with E-state index >= 15 is 0 Å². The summed E-state index contributed by atoms with van der Waals surface area (Å²) in [5.74, 6) is -1.24. The van der Waals surface area contributed by atoms with Crippen molar-refractivity contribution in [2.24, 2.45) is 0 Å². The van der Waals surface area contributed by atoms with Gasteiger partial charge in [0.25, 0.3) is 0 Å². The number of anilines is 1. The number of benzene rings is 2. The summed E-state index contributed by atoms with van der Waals surface area (Å²) < 4.78 is 0. The summed E-state index contributed by atoms with van der Waals surface area (Å²) in [5, 5.41) is 11.7. The van der Waals surface area contributed by atoms with Crippen molar-refractivity contribution in [3.63, 3.8) is 0 Å². The van der Waals surface area contributed by atoms with Crippen molar-refractivity contribution in [2.75, 3.05) is 5.73 Å². The summed E-state index contributed by atoms with van der Waals surface area (Å²) >= 11 is 7.11. The Morgan fingerprint density at radius 1 is 1.17 bits per heavy atom. The number of carbonyl (C=O) groups is 1. The predicted octanol–water partition coefficient (Wildman–Crippen LogP) is 2.44. The molecular weight excluding hydrogens is 270 g/mol. The fourth-order valence-electron chi connectivity index (χ4n) is 1.43. The number of halogens is 1. The summed E-state index contributed by atoms with van der Waals surface area (Å²) in [6.45, 7) is 0. The number of hydrogen-bond acceptors (Lipinski definition) is 4. The van der Waals surface area contributed by atoms with Gasteiger partial charge in [0.05, 0.1) is 5.97 Å². The first-order valence-corrected chi connectivity index (χ1v) is 6.30. The second-order valence-corrected chi connectivity index (χ2v) is 5.15. The molecule has 0 radical (unpaired) electrons. The van der Waals surface area contributed by atoms with Gasteiger partial charge in [-0.15, -0.1) is 0 Å². The van der Waals surface area contributed by atoms with E-state index in [0.717, 1.165) is 4.90 Å². The van der Waals surface area contributed by atoms with Gasteiger partial charge in [-0.05, 0) is 42.5 Å². The first-order chi connectivity index (χ1) is 8.56. The molecule has 0 aliphatic carbocycles. The minimum Gasteiger partial charge on any atom is -0.545 e. The largest absolute Gasteiger partial charge is 0.545 e. The lowest BCUT2D eigenvalue weighted by molar-refractivity contribution is -0.255. The molecule has 2 N–H and O–H groups in total. The van der Waals surface area contributed by atoms with Gasteiger partial charge in [-0.2, -0.15) is 0 Å². The standard InChI is InChI=1S/C13H10ClNO2S/c14-8-1-4-10(5-2-8)18-12-6-3-9(15)7-11(12)13(16)17/h1-7H,15H2,(H,16,17)/p-1. The normalized spacial score (nSPS) is 10.3. The fourth-order valence-corrected chi connectivity index (χ4v) is 2.47. The lowest BCUT2D eigenvalue weighted by Gasteiger charge is -2.10. The molecule has 0 unspecified atom stereocenters. The summed E-state index contributed by atoms with van der Waals surface area (Å²) in [5.41, 5.74) is 6.05. The molecule has 0 fully saturated rings. The summed E-state index contributed by atoms with van der Waals surface area (Å²) in [7, 11) is 0. The molecule has 5 heteroatoms. The molecule has 0 heterocycles. The Labute approximate surface area is 114 Å². The first kappa shape index (κ1) is 12.8. The maximum absolute atomic E-state index is 11.0. The van der Waals surface area contributed by atoms with Crippen LogP contribution in [0, 0.1) is 0 Å². The topological polar surface area (TPSA) is 66.2 Å². The van der Waals surface area contributed by atoms with E-state index in [1.54, 1.807) is 24.3 Å². The van der Waals surface area contributed by atoms with Crippen LogP contribution in [0.3, 0.4) is 0 Å². The number of carbonyl (C=O) groups excluding carboxylic acids is 1. The van der Waals surface area contributed by atoms with Crippen LogP contribution in [0.2, 0.25) is 5.02 Å². The Morgan fingerprint density at radius 3 is 2.44 bits per heavy atom. The number of carboxylic acid groups (broad SMARTS) is 1. The summed E-state index contributed by atoms with van der Waals surface area (Å²) in [4.78, 5) is 12.5. The zero-order valence-electron chi connectivity index (χ0n) is 9.22. The van der Waals surface area contributed by atoms with Gasteiger partial charge in [-0.1, -0.05) is 23.4 Å². The molecule has 0 bridgehead atoms. The second kappa shape index (κ2) is 5.33. The van der Waals surface area contributed by atoms with Crippen molar-refractivity contribution < 1.29 is 9.90 Å². The first-order valence-electron chi connectivity index (χ1n) is 5.10. The van der Waals surface area contributed by atoms with Crippen LogP contribution < -0.4 is 10.8 Å². The van der Waals surface area contributed by atoms with Crippen LogP contribution in [0.25, 0.3) is 0 Å². The van der Waals surface area contributed by atoms with Gasteiger partial charge < -0.3 is 15.6 Å². The van der Waals surface area contributed by atoms with Crippen molar-refractivity contribution in [2.45, 2.75) is 9.79 Å². The Kier molecular flexibility index (Phi) is 3.79. The number of aromatic carboxylic acids is 1. The van der Waals surface area contributed by atoms with Crippen LogP contribution in [0.15, 0.2) is 52.3 Å². The lowest BCUT2D eigenvalue weighted by atomic mass is 10.2. The lowest BCUT2D eigenvalue weighted by Crippen LogP contribution is -2.23. The van der Waals surface area contributed by atoms with E-state index in [2.05, 4.69) is 0 Å². The van der Waals surface area contributed by atoms with Crippen molar-refractivity contribution >= 4 is 35.0 Å². The minimum atomic E-state index is -1.24. The van der Waals surface area contributed by atoms with Gasteiger partial charge >= 0.3 is 0 Å². The van der Waals surface area contributed by atoms with Crippen LogP contribution in [0.5, 0.6) is 0 Å². The number of rotatable bonds is 3. The Balaban J connectivity index is 2.34. The molecule has 0 spiro atoms. The third-order valence-corrected chi connectivity index (χ3v) is 3.60. The molecule has 0 amide bonds. The maximum atomic E-state index is 11.0. The van der Waals surface area contributed by atoms with Crippen LogP contribution in [0.4, 0.5) is 5.69 Å². The van der Waals surface area contributed by atoms with Crippen LogP contribution in [-0.4, -0.2) is 5.97 Å². The molecular formula is C13H9ClNO2S-. The molecule has 18 heavy (non-hydrogen) atoms. The minimum absolute atomic E-state index is 0.0925. The van der Waals surface area contributed by atoms with Crippen LogP contribution >= 0.6 is 23.4 Å². The molecule has 0 saturated heterocycles. The van der Waals surface area contributed by atoms with E-state index in [9.17, 15) is 9.90 Å². The van der Waals surface area contributed by atoms with Gasteiger partial charge in [-0.25, -0.2) is 0 Å². The molecule has 0 atom stereocenters. The molecule has 0 aromatic heterocycles. The van der Waals surface area contributed by atoms with Crippen LogP contribution in [-0.2, 0) is 0 Å². The number of nitrogens with two attached hydrogens (primary N) is 1. The number of carboxylic acids is 1. The number of nitrogen functional groups attached to an aromatic ring is 1. The van der Waals surface area contributed by atoms with Crippen molar-refractivity contribution in [1.29, 1.82) is 0 Å². The third kappa shape index (κ3) is 2.97. The van der Waals surface area contributed by atoms with E-state index in [1.807, 2.05) is 12.1 Å². The van der Waals surface area contributed by atoms with E-state index in [0.29, 0.717) is 15.6 Å². The zero-order valence-corrected chi connectivity index (χ0v) is 10.8. The monoisotopic (exact) mass is 278 g/mol. The predicted molar refractivity (Wildman–Crippen MR) is 70.8 cm³/mol. The summed E-state index contributed by atoms with van der Waals surface area (Å²) in [6.07, 6.45) is 0. The number of hydrogen-bond donors (Lipinski definition) is 1. The van der Waals surface area contributed by atoms with E-state index in [4.69, 9.17) is 17.3 Å². The van der Waals surface area contributed by atoms with E-state index < -0.39 is 5.97 Å². The molecule has 2 rings (SSSR count). The average Bonchev–Trinajstić information content (AvgIpc) is 2.34. The smallest absolute Gasteiger partial charge is 0.0727 e. The SMILES string of the molecule is Nc1ccc(Sc2ccc(Cl)cc2)c(C(=O)[O-])c1. The zero-order chi connectivity index (χ0) is 13.1. The molecule has 2 aromatic rings. The van der Waals surface area contributed by atoms with Gasteiger partial charge in [0.2, 0.25) is 0 Å². The van der Waals surface area contributed by atoms with Gasteiger partial charge in [0.1, 0.15) is 0 Å². The Bertz CT molecular complexity index is 584. The second-order valence-electron chi connectivity index (χ2n) is 3.60. The average molecular weight is 279 g/mol. The Morgan fingerprint density at radius 2 is 1.83 bits per heavy atom. The van der Waals surface area contributed by atoms with Crippen molar-refractivity contribution in [3.8, 4) is 0 Å². The highest BCUT2D eigenvalue weighted by molar-refractivity contribution is 7.99. The molecule has 3 nitrogen and oxygen atoms in total. The van der Waals surface area contributed by atoms with Gasteiger partial charge in [0.15, 0.2) is 0 Å². The molecule has 0 saturated carbocycles.